The highest BCUT2D eigenvalue weighted by Crippen LogP contribution is 2.21. The van der Waals surface area contributed by atoms with Crippen LogP contribution in [0.5, 0.6) is 0 Å². The molecule has 1 aliphatic rings. The number of amides is 1. The van der Waals surface area contributed by atoms with Crippen molar-refractivity contribution in [2.24, 2.45) is 0 Å². The van der Waals surface area contributed by atoms with Crippen molar-refractivity contribution in [3.05, 3.63) is 46.4 Å². The van der Waals surface area contributed by atoms with Crippen LogP contribution in [-0.2, 0) is 21.2 Å². The van der Waals surface area contributed by atoms with Gasteiger partial charge in [0, 0.05) is 34.6 Å². The van der Waals surface area contributed by atoms with Crippen molar-refractivity contribution >= 4 is 42.6 Å². The molecular formula is C15H15BrN2O3S. The zero-order chi connectivity index (χ0) is 15.7. The number of hydrogen-bond donors (Lipinski definition) is 1. The lowest BCUT2D eigenvalue weighted by Gasteiger charge is -2.11. The van der Waals surface area contributed by atoms with Crippen LogP contribution in [0.3, 0.4) is 0 Å². The third-order valence-electron chi connectivity index (χ3n) is 3.59. The van der Waals surface area contributed by atoms with Gasteiger partial charge in [-0.2, -0.15) is 0 Å². The normalized spacial score (nSPS) is 19.6. The SMILES string of the molecule is O=C(CCn1ccc2ccc(Br)cc21)N[C@H]1C=CS(=O)(=O)C1. The number of fused-ring (bicyclic) bond motifs is 1. The van der Waals surface area contributed by atoms with E-state index in [-0.39, 0.29) is 11.7 Å². The second-order valence-electron chi connectivity index (χ2n) is 5.29. The first-order valence-electron chi connectivity index (χ1n) is 6.88. The zero-order valence-corrected chi connectivity index (χ0v) is 14.1. The number of nitrogens with one attached hydrogen (secondary N) is 1. The number of nitrogens with zero attached hydrogens (tertiary/aromatic N) is 1. The summed E-state index contributed by atoms with van der Waals surface area (Å²) >= 11 is 3.44. The molecule has 1 aromatic heterocycles. The maximum atomic E-state index is 11.9. The molecule has 0 unspecified atom stereocenters. The average molecular weight is 383 g/mol. The predicted octanol–water partition coefficient (Wildman–Crippen LogP) is 2.22. The molecular weight excluding hydrogens is 368 g/mol. The molecule has 2 heterocycles. The van der Waals surface area contributed by atoms with Gasteiger partial charge in [-0.05, 0) is 29.7 Å². The smallest absolute Gasteiger partial charge is 0.222 e. The standard InChI is InChI=1S/C15H15BrN2O3S/c16-12-2-1-11-3-6-18(14(11)9-12)7-4-15(19)17-13-5-8-22(20,21)10-13/h1-3,5-6,8-9,13H,4,7,10H2,(H,17,19)/t13-/m0/s1. The number of benzene rings is 1. The van der Waals surface area contributed by atoms with Gasteiger partial charge in [-0.1, -0.05) is 22.0 Å². The number of rotatable bonds is 4. The van der Waals surface area contributed by atoms with Crippen LogP contribution in [0, 0.1) is 0 Å². The number of hydrogen-bond acceptors (Lipinski definition) is 3. The summed E-state index contributed by atoms with van der Waals surface area (Å²) in [4.78, 5) is 11.9. The molecule has 116 valence electrons. The third-order valence-corrected chi connectivity index (χ3v) is 5.48. The van der Waals surface area contributed by atoms with E-state index < -0.39 is 15.9 Å². The van der Waals surface area contributed by atoms with Crippen molar-refractivity contribution in [2.45, 2.75) is 19.0 Å². The van der Waals surface area contributed by atoms with Crippen molar-refractivity contribution in [3.63, 3.8) is 0 Å². The van der Waals surface area contributed by atoms with Gasteiger partial charge in [0.2, 0.25) is 5.91 Å². The number of halogens is 1. The topological polar surface area (TPSA) is 68.2 Å². The maximum Gasteiger partial charge on any atom is 0.222 e. The van der Waals surface area contributed by atoms with E-state index in [4.69, 9.17) is 0 Å². The Kier molecular flexibility index (Phi) is 4.10. The highest BCUT2D eigenvalue weighted by Gasteiger charge is 2.22. The number of aromatic nitrogens is 1. The van der Waals surface area contributed by atoms with Gasteiger partial charge < -0.3 is 9.88 Å². The van der Waals surface area contributed by atoms with Crippen LogP contribution < -0.4 is 5.32 Å². The van der Waals surface area contributed by atoms with Gasteiger partial charge >= 0.3 is 0 Å². The molecule has 0 fully saturated rings. The lowest BCUT2D eigenvalue weighted by Crippen LogP contribution is -2.35. The Bertz CT molecular complexity index is 855. The minimum absolute atomic E-state index is 0.0435. The van der Waals surface area contributed by atoms with Crippen LogP contribution in [0.2, 0.25) is 0 Å². The summed E-state index contributed by atoms with van der Waals surface area (Å²) in [5, 5.41) is 5.01. The lowest BCUT2D eigenvalue weighted by molar-refractivity contribution is -0.121. The van der Waals surface area contributed by atoms with Crippen LogP contribution in [0.1, 0.15) is 6.42 Å². The molecule has 1 aliphatic heterocycles. The Morgan fingerprint density at radius 1 is 1.36 bits per heavy atom. The van der Waals surface area contributed by atoms with Gasteiger partial charge in [0.05, 0.1) is 11.8 Å². The summed E-state index contributed by atoms with van der Waals surface area (Å²) in [6.45, 7) is 0.551. The quantitative estimate of drug-likeness (QED) is 0.881. The van der Waals surface area contributed by atoms with Crippen LogP contribution in [0.4, 0.5) is 0 Å². The fourth-order valence-electron chi connectivity index (χ4n) is 2.52. The van der Waals surface area contributed by atoms with Gasteiger partial charge in [-0.25, -0.2) is 8.42 Å². The number of aryl methyl sites for hydroxylation is 1. The molecule has 2 aromatic rings. The number of carbonyl (C=O) groups excluding carboxylic acids is 1. The number of sulfone groups is 1. The second-order valence-corrected chi connectivity index (χ2v) is 8.14. The van der Waals surface area contributed by atoms with Crippen molar-refractivity contribution in [1.29, 1.82) is 0 Å². The first kappa shape index (κ1) is 15.3. The third kappa shape index (κ3) is 3.41. The summed E-state index contributed by atoms with van der Waals surface area (Å²) in [5.41, 5.74) is 1.06. The summed E-state index contributed by atoms with van der Waals surface area (Å²) in [7, 11) is -3.14. The van der Waals surface area contributed by atoms with E-state index in [9.17, 15) is 13.2 Å². The van der Waals surface area contributed by atoms with E-state index in [0.29, 0.717) is 13.0 Å². The largest absolute Gasteiger partial charge is 0.349 e. The van der Waals surface area contributed by atoms with Gasteiger partial charge in [-0.15, -0.1) is 0 Å². The molecule has 0 aliphatic carbocycles. The average Bonchev–Trinajstić information content (AvgIpc) is 2.99. The van der Waals surface area contributed by atoms with Gasteiger partial charge in [0.1, 0.15) is 0 Å². The van der Waals surface area contributed by atoms with Crippen LogP contribution >= 0.6 is 15.9 Å². The first-order valence-corrected chi connectivity index (χ1v) is 9.38. The molecule has 3 rings (SSSR count). The Morgan fingerprint density at radius 3 is 2.91 bits per heavy atom. The van der Waals surface area contributed by atoms with Gasteiger partial charge in [0.15, 0.2) is 9.84 Å². The molecule has 0 spiro atoms. The maximum absolute atomic E-state index is 11.9. The van der Waals surface area contributed by atoms with Crippen molar-refractivity contribution in [2.75, 3.05) is 5.75 Å². The van der Waals surface area contributed by atoms with E-state index in [1.54, 1.807) is 0 Å². The lowest BCUT2D eigenvalue weighted by atomic mass is 10.2. The molecule has 0 bridgehead atoms. The van der Waals surface area contributed by atoms with Crippen molar-refractivity contribution in [1.82, 2.24) is 9.88 Å². The Morgan fingerprint density at radius 2 is 2.18 bits per heavy atom. The Balaban J connectivity index is 1.61. The number of carbonyl (C=O) groups is 1. The summed E-state index contributed by atoms with van der Waals surface area (Å²) in [6.07, 6.45) is 3.78. The monoisotopic (exact) mass is 382 g/mol. The van der Waals surface area contributed by atoms with E-state index in [0.717, 1.165) is 20.8 Å². The highest BCUT2D eigenvalue weighted by molar-refractivity contribution is 9.10. The minimum Gasteiger partial charge on any atom is -0.349 e. The fourth-order valence-corrected chi connectivity index (χ4v) is 4.10. The molecule has 0 saturated heterocycles. The van der Waals surface area contributed by atoms with E-state index in [1.165, 1.54) is 6.08 Å². The molecule has 7 heteroatoms. The van der Waals surface area contributed by atoms with Crippen molar-refractivity contribution < 1.29 is 13.2 Å². The molecule has 1 N–H and O–H groups in total. The zero-order valence-electron chi connectivity index (χ0n) is 11.7. The van der Waals surface area contributed by atoms with Crippen LogP contribution in [-0.4, -0.2) is 30.7 Å². The molecule has 22 heavy (non-hydrogen) atoms. The van der Waals surface area contributed by atoms with Crippen LogP contribution in [0.15, 0.2) is 46.4 Å². The van der Waals surface area contributed by atoms with Crippen LogP contribution in [0.25, 0.3) is 10.9 Å². The molecule has 1 amide bonds. The minimum atomic E-state index is -3.14. The predicted molar refractivity (Wildman–Crippen MR) is 89.1 cm³/mol. The van der Waals surface area contributed by atoms with Gasteiger partial charge in [0.25, 0.3) is 0 Å². The molecule has 5 nitrogen and oxygen atoms in total. The molecule has 0 radical (unpaired) electrons. The fraction of sp³-hybridized carbons (Fsp3) is 0.267. The molecule has 0 saturated carbocycles. The molecule has 1 aromatic carbocycles. The van der Waals surface area contributed by atoms with E-state index >= 15 is 0 Å². The van der Waals surface area contributed by atoms with E-state index in [2.05, 4.69) is 21.2 Å². The Labute approximate surface area is 137 Å². The first-order chi connectivity index (χ1) is 10.4. The van der Waals surface area contributed by atoms with Crippen molar-refractivity contribution in [3.8, 4) is 0 Å². The summed E-state index contributed by atoms with van der Waals surface area (Å²) < 4.78 is 25.6. The van der Waals surface area contributed by atoms with E-state index in [1.807, 2.05) is 35.0 Å². The summed E-state index contributed by atoms with van der Waals surface area (Å²) in [5.74, 6) is -0.193. The Hall–Kier alpha value is -1.60. The van der Waals surface area contributed by atoms with Gasteiger partial charge in [-0.3, -0.25) is 4.79 Å². The highest BCUT2D eigenvalue weighted by atomic mass is 79.9. The second kappa shape index (κ2) is 5.89. The molecule has 1 atom stereocenters. The summed E-state index contributed by atoms with van der Waals surface area (Å²) in [6, 6.07) is 7.61.